The molecule has 0 spiro atoms. The Labute approximate surface area is 199 Å². The quantitative estimate of drug-likeness (QED) is 0.535. The maximum absolute atomic E-state index is 13.2. The molecule has 2 aromatic carbocycles. The van der Waals surface area contributed by atoms with Gasteiger partial charge in [0.05, 0.1) is 6.42 Å². The fourth-order valence-electron chi connectivity index (χ4n) is 5.17. The number of rotatable bonds is 8. The van der Waals surface area contributed by atoms with E-state index in [1.807, 2.05) is 38.1 Å². The summed E-state index contributed by atoms with van der Waals surface area (Å²) in [6, 6.07) is 15.7. The second kappa shape index (κ2) is 9.87. The van der Waals surface area contributed by atoms with Gasteiger partial charge in [-0.2, -0.15) is 0 Å². The number of fused-ring (bicyclic) bond motifs is 3. The molecule has 4 rings (SSSR count). The zero-order valence-corrected chi connectivity index (χ0v) is 19.7. The summed E-state index contributed by atoms with van der Waals surface area (Å²) < 4.78 is 5.67. The predicted octanol–water partition coefficient (Wildman–Crippen LogP) is 4.45. The molecule has 7 heteroatoms. The van der Waals surface area contributed by atoms with E-state index < -0.39 is 23.6 Å². The van der Waals surface area contributed by atoms with E-state index in [4.69, 9.17) is 4.74 Å². The normalized spacial score (nSPS) is 17.0. The summed E-state index contributed by atoms with van der Waals surface area (Å²) in [5, 5.41) is 14.9. The maximum atomic E-state index is 13.2. The van der Waals surface area contributed by atoms with E-state index in [1.54, 1.807) is 0 Å². The molecule has 3 N–H and O–H groups in total. The van der Waals surface area contributed by atoms with Crippen LogP contribution in [-0.4, -0.2) is 41.3 Å². The molecule has 2 amide bonds. The number of carbonyl (C=O) groups excluding carboxylic acids is 2. The number of amides is 2. The molecule has 0 aliphatic heterocycles. The summed E-state index contributed by atoms with van der Waals surface area (Å²) in [7, 11) is 0. The topological polar surface area (TPSA) is 105 Å². The van der Waals surface area contributed by atoms with Crippen LogP contribution in [0.15, 0.2) is 48.5 Å². The highest BCUT2D eigenvalue weighted by Gasteiger charge is 2.44. The third kappa shape index (κ3) is 4.79. The van der Waals surface area contributed by atoms with Gasteiger partial charge < -0.3 is 20.5 Å². The number of alkyl carbamates (subject to hydrolysis) is 1. The number of carbonyl (C=O) groups is 3. The van der Waals surface area contributed by atoms with Crippen molar-refractivity contribution in [2.45, 2.75) is 63.5 Å². The maximum Gasteiger partial charge on any atom is 0.408 e. The second-order valence-corrected chi connectivity index (χ2v) is 9.66. The fourth-order valence-corrected chi connectivity index (χ4v) is 5.17. The predicted molar refractivity (Wildman–Crippen MR) is 128 cm³/mol. The van der Waals surface area contributed by atoms with Gasteiger partial charge in [0.25, 0.3) is 0 Å². The number of carboxylic acid groups (broad SMARTS) is 1. The number of hydrogen-bond donors (Lipinski definition) is 3. The fraction of sp³-hybridized carbons (Fsp3) is 0.444. The minimum Gasteiger partial charge on any atom is -0.481 e. The SMILES string of the molecule is CC(C)[C@H](CC(=O)O)NC(=O)C1(NC(=O)OCC2c3ccccc3-c3ccccc32)CCCC1. The van der Waals surface area contributed by atoms with E-state index in [2.05, 4.69) is 34.9 Å². The molecular formula is C27H32N2O5. The van der Waals surface area contributed by atoms with Gasteiger partial charge in [-0.1, -0.05) is 75.2 Å². The summed E-state index contributed by atoms with van der Waals surface area (Å²) in [6.07, 6.45) is 1.83. The molecule has 0 unspecified atom stereocenters. The molecule has 0 saturated heterocycles. The Kier molecular flexibility index (Phi) is 6.91. The van der Waals surface area contributed by atoms with Gasteiger partial charge in [0, 0.05) is 12.0 Å². The molecule has 0 bridgehead atoms. The van der Waals surface area contributed by atoms with Crippen molar-refractivity contribution in [3.8, 4) is 11.1 Å². The Hall–Kier alpha value is -3.35. The number of aliphatic carboxylic acids is 1. The molecule has 2 aliphatic carbocycles. The highest BCUT2D eigenvalue weighted by Crippen LogP contribution is 2.44. The highest BCUT2D eigenvalue weighted by atomic mass is 16.5. The average Bonchev–Trinajstić information content (AvgIpc) is 3.40. The first-order valence-corrected chi connectivity index (χ1v) is 12.0. The van der Waals surface area contributed by atoms with Crippen molar-refractivity contribution in [2.24, 2.45) is 5.92 Å². The number of benzene rings is 2. The Morgan fingerprint density at radius 2 is 1.56 bits per heavy atom. The highest BCUT2D eigenvalue weighted by molar-refractivity contribution is 5.91. The van der Waals surface area contributed by atoms with Gasteiger partial charge in [0.2, 0.25) is 5.91 Å². The van der Waals surface area contributed by atoms with Gasteiger partial charge in [0.15, 0.2) is 0 Å². The largest absolute Gasteiger partial charge is 0.481 e. The van der Waals surface area contributed by atoms with Gasteiger partial charge in [-0.05, 0) is 41.0 Å². The van der Waals surface area contributed by atoms with Crippen LogP contribution in [0.4, 0.5) is 4.79 Å². The van der Waals surface area contributed by atoms with Gasteiger partial charge in [-0.25, -0.2) is 4.79 Å². The van der Waals surface area contributed by atoms with Crippen LogP contribution in [0.5, 0.6) is 0 Å². The molecule has 180 valence electrons. The minimum atomic E-state index is -1.08. The monoisotopic (exact) mass is 464 g/mol. The van der Waals surface area contributed by atoms with Crippen molar-refractivity contribution < 1.29 is 24.2 Å². The summed E-state index contributed by atoms with van der Waals surface area (Å²) >= 11 is 0. The van der Waals surface area contributed by atoms with Crippen LogP contribution in [0.3, 0.4) is 0 Å². The van der Waals surface area contributed by atoms with Crippen LogP contribution in [0.1, 0.15) is 63.0 Å². The third-order valence-electron chi connectivity index (χ3n) is 7.09. The third-order valence-corrected chi connectivity index (χ3v) is 7.09. The van der Waals surface area contributed by atoms with Gasteiger partial charge in [-0.3, -0.25) is 9.59 Å². The first-order chi connectivity index (χ1) is 16.3. The molecule has 1 saturated carbocycles. The van der Waals surface area contributed by atoms with Gasteiger partial charge in [0.1, 0.15) is 12.1 Å². The smallest absolute Gasteiger partial charge is 0.408 e. The lowest BCUT2D eigenvalue weighted by atomic mass is 9.93. The molecule has 2 aliphatic rings. The van der Waals surface area contributed by atoms with Gasteiger partial charge in [-0.15, -0.1) is 0 Å². The van der Waals surface area contributed by atoms with E-state index in [0.717, 1.165) is 35.1 Å². The van der Waals surface area contributed by atoms with Crippen molar-refractivity contribution in [3.63, 3.8) is 0 Å². The number of nitrogens with one attached hydrogen (secondary N) is 2. The Bertz CT molecular complexity index is 1030. The Balaban J connectivity index is 1.44. The van der Waals surface area contributed by atoms with E-state index >= 15 is 0 Å². The van der Waals surface area contributed by atoms with Crippen molar-refractivity contribution in [1.82, 2.24) is 10.6 Å². The van der Waals surface area contributed by atoms with Gasteiger partial charge >= 0.3 is 12.1 Å². The number of carboxylic acids is 1. The summed E-state index contributed by atoms with van der Waals surface area (Å²) in [5.41, 5.74) is 3.47. The van der Waals surface area contributed by atoms with Crippen molar-refractivity contribution in [1.29, 1.82) is 0 Å². The molecule has 7 nitrogen and oxygen atoms in total. The number of hydrogen-bond acceptors (Lipinski definition) is 4. The van der Waals surface area contributed by atoms with E-state index in [1.165, 1.54) is 0 Å². The summed E-state index contributed by atoms with van der Waals surface area (Å²) in [5.74, 6) is -1.41. The lowest BCUT2D eigenvalue weighted by molar-refractivity contribution is -0.138. The molecule has 0 aromatic heterocycles. The van der Waals surface area contributed by atoms with Crippen molar-refractivity contribution in [2.75, 3.05) is 6.61 Å². The molecule has 1 fully saturated rings. The molecule has 34 heavy (non-hydrogen) atoms. The lowest BCUT2D eigenvalue weighted by Crippen LogP contribution is -2.59. The Morgan fingerprint density at radius 3 is 2.09 bits per heavy atom. The summed E-state index contributed by atoms with van der Waals surface area (Å²) in [6.45, 7) is 3.91. The Morgan fingerprint density at radius 1 is 1.00 bits per heavy atom. The van der Waals surface area contributed by atoms with E-state index in [0.29, 0.717) is 12.8 Å². The van der Waals surface area contributed by atoms with E-state index in [-0.39, 0.29) is 30.8 Å². The second-order valence-electron chi connectivity index (χ2n) is 9.66. The standard InChI is InChI=1S/C27H32N2O5/c1-17(2)23(15-24(30)31)28-25(32)27(13-7-8-14-27)29-26(33)34-16-22-20-11-5-3-9-18(20)19-10-4-6-12-21(19)22/h3-6,9-12,17,22-23H,7-8,13-16H2,1-2H3,(H,28,32)(H,29,33)(H,30,31)/t23-/m0/s1. The number of ether oxygens (including phenoxy) is 1. The summed E-state index contributed by atoms with van der Waals surface area (Å²) in [4.78, 5) is 37.3. The molecule has 0 heterocycles. The lowest BCUT2D eigenvalue weighted by Gasteiger charge is -2.32. The first kappa shape index (κ1) is 23.8. The van der Waals surface area contributed by atoms with Crippen LogP contribution in [-0.2, 0) is 14.3 Å². The molecular weight excluding hydrogens is 432 g/mol. The van der Waals surface area contributed by atoms with Crippen molar-refractivity contribution >= 4 is 18.0 Å². The van der Waals surface area contributed by atoms with E-state index in [9.17, 15) is 19.5 Å². The van der Waals surface area contributed by atoms with Crippen molar-refractivity contribution in [3.05, 3.63) is 59.7 Å². The zero-order valence-electron chi connectivity index (χ0n) is 19.7. The molecule has 2 aromatic rings. The molecule has 0 radical (unpaired) electrons. The van der Waals surface area contributed by atoms with Crippen LogP contribution < -0.4 is 10.6 Å². The van der Waals surface area contributed by atoms with Crippen LogP contribution in [0.2, 0.25) is 0 Å². The van der Waals surface area contributed by atoms with Crippen LogP contribution in [0, 0.1) is 5.92 Å². The average molecular weight is 465 g/mol. The zero-order chi connectivity index (χ0) is 24.3. The minimum absolute atomic E-state index is 0.0482. The molecule has 1 atom stereocenters. The van der Waals surface area contributed by atoms with Crippen LogP contribution >= 0.6 is 0 Å². The first-order valence-electron chi connectivity index (χ1n) is 12.0. The van der Waals surface area contributed by atoms with Crippen LogP contribution in [0.25, 0.3) is 11.1 Å².